The molecule has 1 aromatic heterocycles. The largest absolute Gasteiger partial charge is 0.489 e. The normalized spacial score (nSPS) is 24.2. The SMILES string of the molecule is C=CC(=O)N1CCN2C(=O)c3c(N4CC(N5CCN(C(F)(F)F)CC5)CC4(C)C)nc(-c4ccccc4F)c(Cl)c3OC[C@H]2C1. The van der Waals surface area contributed by atoms with Crippen molar-refractivity contribution in [2.24, 2.45) is 0 Å². The molecule has 6 rings (SSSR count). The number of pyridine rings is 1. The van der Waals surface area contributed by atoms with Crippen LogP contribution in [0.15, 0.2) is 36.9 Å². The van der Waals surface area contributed by atoms with Crippen LogP contribution >= 0.6 is 11.6 Å². The van der Waals surface area contributed by atoms with Crippen LogP contribution in [0.1, 0.15) is 30.6 Å². The fourth-order valence-electron chi connectivity index (χ4n) is 6.97. The van der Waals surface area contributed by atoms with Crippen molar-refractivity contribution in [2.45, 2.75) is 44.2 Å². The van der Waals surface area contributed by atoms with Crippen molar-refractivity contribution >= 4 is 29.2 Å². The summed E-state index contributed by atoms with van der Waals surface area (Å²) in [7, 11) is 0. The second kappa shape index (κ2) is 11.7. The molecule has 2 amide bonds. The Balaban J connectivity index is 1.40. The highest BCUT2D eigenvalue weighted by molar-refractivity contribution is 6.35. The van der Waals surface area contributed by atoms with Gasteiger partial charge in [-0.25, -0.2) is 14.3 Å². The summed E-state index contributed by atoms with van der Waals surface area (Å²) in [5.41, 5.74) is -0.155. The van der Waals surface area contributed by atoms with E-state index in [0.29, 0.717) is 24.4 Å². The van der Waals surface area contributed by atoms with E-state index in [9.17, 15) is 22.8 Å². The smallest absolute Gasteiger partial charge is 0.460 e. The van der Waals surface area contributed by atoms with Gasteiger partial charge in [-0.1, -0.05) is 30.3 Å². The highest BCUT2D eigenvalue weighted by Crippen LogP contribution is 2.47. The minimum Gasteiger partial charge on any atom is -0.489 e. The first kappa shape index (κ1) is 31.6. The molecule has 0 spiro atoms. The number of hydrogen-bond donors (Lipinski definition) is 0. The maximum absolute atomic E-state index is 15.2. The van der Waals surface area contributed by atoms with Crippen molar-refractivity contribution in [3.63, 3.8) is 0 Å². The van der Waals surface area contributed by atoms with E-state index in [-0.39, 0.29) is 97.1 Å². The third-order valence-corrected chi connectivity index (χ3v) is 9.72. The van der Waals surface area contributed by atoms with Crippen LogP contribution in [0, 0.1) is 5.82 Å². The topological polar surface area (TPSA) is 72.5 Å². The Hall–Kier alpha value is -3.42. The van der Waals surface area contributed by atoms with Crippen LogP contribution in [0.4, 0.5) is 23.4 Å². The van der Waals surface area contributed by atoms with Crippen LogP contribution < -0.4 is 9.64 Å². The molecule has 242 valence electrons. The summed E-state index contributed by atoms with van der Waals surface area (Å²) < 4.78 is 61.3. The Morgan fingerprint density at radius 3 is 2.47 bits per heavy atom. The van der Waals surface area contributed by atoms with Gasteiger partial charge in [0.15, 0.2) is 5.75 Å². The summed E-state index contributed by atoms with van der Waals surface area (Å²) in [6.45, 7) is 9.05. The molecule has 3 saturated heterocycles. The Morgan fingerprint density at radius 2 is 1.80 bits per heavy atom. The molecule has 3 fully saturated rings. The highest BCUT2D eigenvalue weighted by Gasteiger charge is 2.48. The number of hydrogen-bond acceptors (Lipinski definition) is 7. The Kier molecular flexibility index (Phi) is 8.23. The molecule has 0 N–H and O–H groups in total. The number of halogens is 5. The molecule has 45 heavy (non-hydrogen) atoms. The number of carbonyl (C=O) groups is 2. The number of fused-ring (bicyclic) bond motifs is 2. The number of carbonyl (C=O) groups excluding carboxylic acids is 2. The van der Waals surface area contributed by atoms with Crippen LogP contribution in [-0.4, -0.2) is 119 Å². The molecular formula is C31H35ClF4N6O3. The minimum atomic E-state index is -4.37. The van der Waals surface area contributed by atoms with Gasteiger partial charge in [0, 0.05) is 69.5 Å². The van der Waals surface area contributed by atoms with Crippen molar-refractivity contribution < 1.29 is 31.9 Å². The van der Waals surface area contributed by atoms with Gasteiger partial charge in [0.05, 0.1) is 11.7 Å². The van der Waals surface area contributed by atoms with Gasteiger partial charge < -0.3 is 19.4 Å². The van der Waals surface area contributed by atoms with Crippen LogP contribution in [0.2, 0.25) is 5.02 Å². The van der Waals surface area contributed by atoms with Gasteiger partial charge >= 0.3 is 6.30 Å². The van der Waals surface area contributed by atoms with Gasteiger partial charge in [0.25, 0.3) is 5.91 Å². The third-order valence-electron chi connectivity index (χ3n) is 9.37. The average Bonchev–Trinajstić information content (AvgIpc) is 3.25. The second-order valence-electron chi connectivity index (χ2n) is 12.5. The monoisotopic (exact) mass is 650 g/mol. The Labute approximate surface area is 263 Å². The van der Waals surface area contributed by atoms with E-state index in [0.717, 1.165) is 0 Å². The number of piperazine rings is 2. The van der Waals surface area contributed by atoms with Gasteiger partial charge in [0.2, 0.25) is 5.91 Å². The molecule has 0 aliphatic carbocycles. The van der Waals surface area contributed by atoms with E-state index in [1.165, 1.54) is 12.1 Å². The predicted octanol–water partition coefficient (Wildman–Crippen LogP) is 4.27. The number of rotatable bonds is 4. The van der Waals surface area contributed by atoms with Gasteiger partial charge in [-0.15, -0.1) is 0 Å². The van der Waals surface area contributed by atoms with Crippen LogP contribution in [0.3, 0.4) is 0 Å². The lowest BCUT2D eigenvalue weighted by atomic mass is 9.98. The lowest BCUT2D eigenvalue weighted by molar-refractivity contribution is -0.253. The van der Waals surface area contributed by atoms with Crippen molar-refractivity contribution in [3.05, 3.63) is 53.3 Å². The quantitative estimate of drug-likeness (QED) is 0.278. The molecule has 14 heteroatoms. The van der Waals surface area contributed by atoms with E-state index >= 15 is 4.39 Å². The first-order valence-electron chi connectivity index (χ1n) is 15.0. The fourth-order valence-corrected chi connectivity index (χ4v) is 7.26. The maximum atomic E-state index is 15.2. The highest BCUT2D eigenvalue weighted by atomic mass is 35.5. The second-order valence-corrected chi connectivity index (χ2v) is 12.9. The van der Waals surface area contributed by atoms with Crippen LogP contribution in [0.5, 0.6) is 5.75 Å². The van der Waals surface area contributed by atoms with E-state index in [4.69, 9.17) is 21.3 Å². The fraction of sp³-hybridized carbons (Fsp3) is 0.516. The summed E-state index contributed by atoms with van der Waals surface area (Å²) in [6, 6.07) is 5.50. The number of ether oxygens (including phenoxy) is 1. The molecule has 4 aliphatic rings. The van der Waals surface area contributed by atoms with Crippen molar-refractivity contribution in [1.82, 2.24) is 24.6 Å². The molecule has 4 aliphatic heterocycles. The number of amides is 2. The third kappa shape index (κ3) is 5.74. The van der Waals surface area contributed by atoms with Crippen LogP contribution in [-0.2, 0) is 4.79 Å². The minimum absolute atomic E-state index is 0.00268. The van der Waals surface area contributed by atoms with E-state index in [1.54, 1.807) is 28.0 Å². The molecular weight excluding hydrogens is 616 g/mol. The molecule has 1 unspecified atom stereocenters. The van der Waals surface area contributed by atoms with Crippen molar-refractivity contribution in [1.29, 1.82) is 0 Å². The first-order chi connectivity index (χ1) is 21.3. The maximum Gasteiger partial charge on any atom is 0.460 e. The summed E-state index contributed by atoms with van der Waals surface area (Å²) in [5.74, 6) is -0.772. The van der Waals surface area contributed by atoms with Gasteiger partial charge in [0.1, 0.15) is 28.8 Å². The molecule has 0 radical (unpaired) electrons. The average molecular weight is 651 g/mol. The Bertz CT molecular complexity index is 1510. The van der Waals surface area contributed by atoms with Gasteiger partial charge in [-0.3, -0.25) is 14.5 Å². The molecule has 5 heterocycles. The summed E-state index contributed by atoms with van der Waals surface area (Å²) >= 11 is 6.89. The van der Waals surface area contributed by atoms with E-state index in [2.05, 4.69) is 11.5 Å². The summed E-state index contributed by atoms with van der Waals surface area (Å²) in [5, 5.41) is 0.00268. The lowest BCUT2D eigenvalue weighted by Gasteiger charge is -2.40. The summed E-state index contributed by atoms with van der Waals surface area (Å²) in [4.78, 5) is 39.5. The number of anilines is 1. The lowest BCUT2D eigenvalue weighted by Crippen LogP contribution is -2.57. The molecule has 2 aromatic rings. The molecule has 2 atom stereocenters. The van der Waals surface area contributed by atoms with Gasteiger partial charge in [-0.2, -0.15) is 13.2 Å². The zero-order valence-corrected chi connectivity index (χ0v) is 25.9. The van der Waals surface area contributed by atoms with Gasteiger partial charge in [-0.05, 0) is 38.5 Å². The molecule has 9 nitrogen and oxygen atoms in total. The number of nitrogens with zero attached hydrogens (tertiary/aromatic N) is 6. The zero-order valence-electron chi connectivity index (χ0n) is 25.1. The van der Waals surface area contributed by atoms with Crippen molar-refractivity contribution in [2.75, 3.05) is 63.9 Å². The standard InChI is InChI=1S/C31H35ClF4N6O3/c1-4-23(43)39-11-14-41-20(16-39)18-45-27-24(29(41)44)28(37-26(25(27)32)21-7-5-6-8-22(21)33)42-17-19(15-30(42,2)3)38-9-12-40(13-10-38)31(34,35)36/h4-8,19-20H,1,9-18H2,2-3H3/t19?,20-/m1/s1. The van der Waals surface area contributed by atoms with Crippen molar-refractivity contribution in [3.8, 4) is 17.0 Å². The molecule has 1 aromatic carbocycles. The van der Waals surface area contributed by atoms with Crippen LogP contribution in [0.25, 0.3) is 11.3 Å². The zero-order chi connectivity index (χ0) is 32.3. The molecule has 0 saturated carbocycles. The number of alkyl halides is 3. The summed E-state index contributed by atoms with van der Waals surface area (Å²) in [6.07, 6.45) is -2.53. The number of benzene rings is 1. The number of aromatic nitrogens is 1. The predicted molar refractivity (Wildman–Crippen MR) is 161 cm³/mol. The molecule has 0 bridgehead atoms. The van der Waals surface area contributed by atoms with E-state index in [1.807, 2.05) is 18.7 Å². The van der Waals surface area contributed by atoms with E-state index < -0.39 is 23.7 Å². The first-order valence-corrected chi connectivity index (χ1v) is 15.3. The Morgan fingerprint density at radius 1 is 1.09 bits per heavy atom.